The third kappa shape index (κ3) is 3.57. The molecule has 0 fully saturated rings. The van der Waals surface area contributed by atoms with Crippen molar-refractivity contribution in [2.75, 3.05) is 0 Å². The van der Waals surface area contributed by atoms with Crippen molar-refractivity contribution >= 4 is 27.1 Å². The predicted molar refractivity (Wildman–Crippen MR) is 125 cm³/mol. The number of fused-ring (bicyclic) bond motifs is 1. The number of halogens is 1. The number of nitrogens with zero attached hydrogens (tertiary/aromatic N) is 3. The van der Waals surface area contributed by atoms with Gasteiger partial charge in [0.1, 0.15) is 4.90 Å². The lowest BCUT2D eigenvalue weighted by Crippen LogP contribution is -2.09. The molecule has 0 bridgehead atoms. The fourth-order valence-corrected chi connectivity index (χ4v) is 5.12. The van der Waals surface area contributed by atoms with Crippen LogP contribution in [0.1, 0.15) is 5.56 Å². The lowest BCUT2D eigenvalue weighted by Gasteiger charge is -2.12. The molecule has 0 aliphatic carbocycles. The molecule has 5 rings (SSSR count). The quantitative estimate of drug-likeness (QED) is 0.337. The van der Waals surface area contributed by atoms with E-state index in [9.17, 15) is 8.42 Å². The van der Waals surface area contributed by atoms with Crippen molar-refractivity contribution in [1.29, 1.82) is 0 Å². The molecule has 0 N–H and O–H groups in total. The topological polar surface area (TPSA) is 64.3 Å². The Morgan fingerprint density at radius 3 is 2.19 bits per heavy atom. The molecular formula is C25H18ClN3O2S. The van der Waals surface area contributed by atoms with E-state index in [1.54, 1.807) is 47.0 Å². The second kappa shape index (κ2) is 7.89. The first-order valence-electron chi connectivity index (χ1n) is 9.95. The van der Waals surface area contributed by atoms with E-state index in [0.29, 0.717) is 22.1 Å². The van der Waals surface area contributed by atoms with Gasteiger partial charge in [-0.25, -0.2) is 17.9 Å². The zero-order valence-electron chi connectivity index (χ0n) is 17.1. The van der Waals surface area contributed by atoms with Crippen molar-refractivity contribution in [3.8, 4) is 22.5 Å². The van der Waals surface area contributed by atoms with Gasteiger partial charge in [-0.3, -0.25) is 0 Å². The molecule has 0 saturated heterocycles. The van der Waals surface area contributed by atoms with Crippen LogP contribution in [0.15, 0.2) is 101 Å². The van der Waals surface area contributed by atoms with E-state index in [2.05, 4.69) is 4.98 Å². The van der Waals surface area contributed by atoms with E-state index in [1.807, 2.05) is 49.4 Å². The van der Waals surface area contributed by atoms with E-state index in [-0.39, 0.29) is 9.79 Å². The minimum absolute atomic E-state index is 0.103. The summed E-state index contributed by atoms with van der Waals surface area (Å²) in [6, 6.07) is 25.2. The Morgan fingerprint density at radius 2 is 1.50 bits per heavy atom. The number of aromatic nitrogens is 3. The first kappa shape index (κ1) is 20.4. The molecule has 2 aromatic heterocycles. The zero-order valence-corrected chi connectivity index (χ0v) is 18.7. The molecule has 0 unspecified atom stereocenters. The summed E-state index contributed by atoms with van der Waals surface area (Å²) in [6.45, 7) is 1.99. The molecule has 5 aromatic rings. The van der Waals surface area contributed by atoms with Crippen LogP contribution in [0.5, 0.6) is 0 Å². The van der Waals surface area contributed by atoms with E-state index in [1.165, 1.54) is 6.20 Å². The van der Waals surface area contributed by atoms with Gasteiger partial charge in [0.25, 0.3) is 0 Å². The second-order valence-electron chi connectivity index (χ2n) is 7.46. The monoisotopic (exact) mass is 459 g/mol. The molecule has 2 heterocycles. The third-order valence-corrected chi connectivity index (χ3v) is 7.28. The molecule has 0 saturated carbocycles. The summed E-state index contributed by atoms with van der Waals surface area (Å²) in [5.74, 6) is 0. The van der Waals surface area contributed by atoms with E-state index < -0.39 is 9.84 Å². The first-order chi connectivity index (χ1) is 15.4. The van der Waals surface area contributed by atoms with Gasteiger partial charge in [-0.1, -0.05) is 71.8 Å². The van der Waals surface area contributed by atoms with Gasteiger partial charge in [0.05, 0.1) is 22.5 Å². The fraction of sp³-hybridized carbons (Fsp3) is 0.0400. The van der Waals surface area contributed by atoms with Crippen LogP contribution in [0.2, 0.25) is 5.02 Å². The molecule has 0 atom stereocenters. The van der Waals surface area contributed by atoms with Crippen molar-refractivity contribution in [3.63, 3.8) is 0 Å². The Balaban J connectivity index is 1.80. The molecule has 0 aliphatic rings. The normalized spacial score (nSPS) is 11.7. The van der Waals surface area contributed by atoms with Crippen LogP contribution in [-0.4, -0.2) is 23.0 Å². The number of rotatable bonds is 4. The number of hydrogen-bond acceptors (Lipinski definition) is 4. The number of hydrogen-bond donors (Lipinski definition) is 0. The van der Waals surface area contributed by atoms with Gasteiger partial charge in [-0.15, -0.1) is 0 Å². The number of benzene rings is 3. The van der Waals surface area contributed by atoms with Crippen molar-refractivity contribution in [1.82, 2.24) is 14.6 Å². The van der Waals surface area contributed by atoms with Crippen LogP contribution in [0.25, 0.3) is 28.2 Å². The van der Waals surface area contributed by atoms with Crippen molar-refractivity contribution in [2.24, 2.45) is 0 Å². The third-order valence-electron chi connectivity index (χ3n) is 5.26. The molecule has 158 valence electrons. The van der Waals surface area contributed by atoms with Gasteiger partial charge < -0.3 is 0 Å². The van der Waals surface area contributed by atoms with Crippen LogP contribution in [0.4, 0.5) is 0 Å². The highest BCUT2D eigenvalue weighted by Gasteiger charge is 2.26. The fourth-order valence-electron chi connectivity index (χ4n) is 3.58. The van der Waals surface area contributed by atoms with Gasteiger partial charge in [-0.05, 0) is 31.2 Å². The molecule has 0 aliphatic heterocycles. The molecule has 0 amide bonds. The largest absolute Gasteiger partial charge is 0.236 e. The molecular weight excluding hydrogens is 442 g/mol. The van der Waals surface area contributed by atoms with Crippen LogP contribution in [0.3, 0.4) is 0 Å². The number of sulfone groups is 1. The average Bonchev–Trinajstić information content (AvgIpc) is 3.24. The first-order valence-corrected chi connectivity index (χ1v) is 11.8. The summed E-state index contributed by atoms with van der Waals surface area (Å²) in [4.78, 5) is 4.75. The Morgan fingerprint density at radius 1 is 0.844 bits per heavy atom. The van der Waals surface area contributed by atoms with Crippen LogP contribution >= 0.6 is 11.6 Å². The van der Waals surface area contributed by atoms with Crippen molar-refractivity contribution in [3.05, 3.63) is 102 Å². The average molecular weight is 460 g/mol. The highest BCUT2D eigenvalue weighted by atomic mass is 35.5. The maximum absolute atomic E-state index is 13.6. The van der Waals surface area contributed by atoms with Gasteiger partial charge in [0.15, 0.2) is 5.65 Å². The summed E-state index contributed by atoms with van der Waals surface area (Å²) in [5, 5.41) is 5.36. The maximum Gasteiger partial charge on any atom is 0.210 e. The highest BCUT2D eigenvalue weighted by molar-refractivity contribution is 7.91. The Kier molecular flexibility index (Phi) is 5.04. The summed E-state index contributed by atoms with van der Waals surface area (Å²) in [6.07, 6.45) is 1.42. The minimum atomic E-state index is -3.82. The Labute approximate surface area is 190 Å². The van der Waals surface area contributed by atoms with Gasteiger partial charge >= 0.3 is 0 Å². The van der Waals surface area contributed by atoms with Gasteiger partial charge in [0, 0.05) is 22.2 Å². The summed E-state index contributed by atoms with van der Waals surface area (Å²) in [7, 11) is -3.82. The SMILES string of the molecule is Cc1ccc(-c2c(S(=O)(=O)c3ccccc3)cnc3cc(-c4ccc(Cl)cc4)nn23)cc1. The minimum Gasteiger partial charge on any atom is -0.236 e. The predicted octanol–water partition coefficient (Wildman–Crippen LogP) is 5.86. The summed E-state index contributed by atoms with van der Waals surface area (Å²) < 4.78 is 28.7. The van der Waals surface area contributed by atoms with Crippen LogP contribution in [0, 0.1) is 6.92 Å². The molecule has 7 heteroatoms. The molecule has 5 nitrogen and oxygen atoms in total. The maximum atomic E-state index is 13.6. The van der Waals surface area contributed by atoms with Gasteiger partial charge in [-0.2, -0.15) is 5.10 Å². The van der Waals surface area contributed by atoms with Crippen molar-refractivity contribution in [2.45, 2.75) is 16.7 Å². The summed E-state index contributed by atoms with van der Waals surface area (Å²) >= 11 is 6.02. The van der Waals surface area contributed by atoms with Crippen LogP contribution in [-0.2, 0) is 9.84 Å². The highest BCUT2D eigenvalue weighted by Crippen LogP contribution is 2.33. The van der Waals surface area contributed by atoms with E-state index in [4.69, 9.17) is 16.7 Å². The molecule has 3 aromatic carbocycles. The van der Waals surface area contributed by atoms with E-state index in [0.717, 1.165) is 16.7 Å². The molecule has 0 radical (unpaired) electrons. The smallest absolute Gasteiger partial charge is 0.210 e. The zero-order chi connectivity index (χ0) is 22.3. The van der Waals surface area contributed by atoms with Gasteiger partial charge in [0.2, 0.25) is 9.84 Å². The van der Waals surface area contributed by atoms with Crippen molar-refractivity contribution < 1.29 is 8.42 Å². The lowest BCUT2D eigenvalue weighted by molar-refractivity contribution is 0.595. The van der Waals surface area contributed by atoms with E-state index >= 15 is 0 Å². The number of aryl methyl sites for hydroxylation is 1. The standard InChI is InChI=1S/C25H18ClN3O2S/c1-17-7-9-19(10-8-17)25-23(32(30,31)21-5-3-2-4-6-21)16-27-24-15-22(28-29(24)25)18-11-13-20(26)14-12-18/h2-16H,1H3. The van der Waals surface area contributed by atoms with Crippen LogP contribution < -0.4 is 0 Å². The Bertz CT molecular complexity index is 1530. The molecule has 0 spiro atoms. The Hall–Kier alpha value is -3.48. The summed E-state index contributed by atoms with van der Waals surface area (Å²) in [5.41, 5.74) is 4.38. The molecule has 32 heavy (non-hydrogen) atoms. The lowest BCUT2D eigenvalue weighted by atomic mass is 10.1. The second-order valence-corrected chi connectivity index (χ2v) is 9.81.